The van der Waals surface area contributed by atoms with Crippen molar-refractivity contribution < 1.29 is 39.5 Å². The molecule has 0 aromatic heterocycles. The van der Waals surface area contributed by atoms with E-state index in [1.54, 1.807) is 13.8 Å². The van der Waals surface area contributed by atoms with Gasteiger partial charge in [0, 0.05) is 16.7 Å². The molecule has 4 N–H and O–H groups in total. The van der Waals surface area contributed by atoms with Gasteiger partial charge in [0.25, 0.3) is 0 Å². The molecule has 0 saturated carbocycles. The number of methoxy groups -OCH3 is 1. The van der Waals surface area contributed by atoms with Crippen LogP contribution in [0.25, 0.3) is 0 Å². The van der Waals surface area contributed by atoms with Gasteiger partial charge in [0.05, 0.1) is 35.8 Å². The molecule has 0 aliphatic heterocycles. The quantitative estimate of drug-likeness (QED) is 0.352. The molecule has 0 radical (unpaired) electrons. The molecule has 2 aliphatic rings. The van der Waals surface area contributed by atoms with Crippen LogP contribution in [0.1, 0.15) is 75.3 Å². The monoisotopic (exact) mass is 412 g/mol. The van der Waals surface area contributed by atoms with E-state index in [9.17, 15) is 34.8 Å². The molecule has 0 saturated heterocycles. The summed E-state index contributed by atoms with van der Waals surface area (Å²) < 4.78 is 4.88. The highest BCUT2D eigenvalue weighted by Crippen LogP contribution is 2.57. The predicted octanol–water partition coefficient (Wildman–Crippen LogP) is 2.30. The average Bonchev–Trinajstić information content (AvgIpc) is 2.66. The van der Waals surface area contributed by atoms with Crippen molar-refractivity contribution in [1.29, 1.82) is 0 Å². The minimum atomic E-state index is -1.30. The smallest absolute Gasteiger partial charge is 0.313 e. The van der Waals surface area contributed by atoms with Crippen LogP contribution in [-0.2, 0) is 9.53 Å². The van der Waals surface area contributed by atoms with Crippen LogP contribution in [0.3, 0.4) is 0 Å². The number of hydrogen-bond donors (Lipinski definition) is 4. The summed E-state index contributed by atoms with van der Waals surface area (Å²) in [5.41, 5.74) is -2.60. The van der Waals surface area contributed by atoms with Crippen LogP contribution >= 0.6 is 0 Å². The Kier molecular flexibility index (Phi) is 4.18. The topological polar surface area (TPSA) is 141 Å². The number of carbonyl (C=O) groups excluding carboxylic acids is 3. The van der Waals surface area contributed by atoms with Gasteiger partial charge in [0.1, 0.15) is 17.2 Å². The molecule has 0 fully saturated rings. The normalized spacial score (nSPS) is 21.5. The number of phenolic OH excluding ortho intramolecular Hbond substituents is 3. The molecule has 0 bridgehead atoms. The highest BCUT2D eigenvalue weighted by Gasteiger charge is 2.50. The van der Waals surface area contributed by atoms with Crippen LogP contribution in [0.4, 0.5) is 0 Å². The fraction of sp³-hybridized carbons (Fsp3) is 0.318. The number of benzene rings is 2. The molecule has 8 heteroatoms. The van der Waals surface area contributed by atoms with Gasteiger partial charge in [0.2, 0.25) is 5.78 Å². The summed E-state index contributed by atoms with van der Waals surface area (Å²) in [4.78, 5) is 38.8. The van der Waals surface area contributed by atoms with E-state index in [-0.39, 0.29) is 28.7 Å². The van der Waals surface area contributed by atoms with Crippen molar-refractivity contribution in [1.82, 2.24) is 0 Å². The summed E-state index contributed by atoms with van der Waals surface area (Å²) >= 11 is 0. The molecular weight excluding hydrogens is 392 g/mol. The molecule has 4 rings (SSSR count). The summed E-state index contributed by atoms with van der Waals surface area (Å²) in [6.07, 6.45) is -1.27. The van der Waals surface area contributed by atoms with Crippen molar-refractivity contribution in [2.24, 2.45) is 5.41 Å². The third-order valence-electron chi connectivity index (χ3n) is 6.05. The number of fused-ring (bicyclic) bond motifs is 3. The first-order chi connectivity index (χ1) is 14.0. The number of aliphatic hydroxyl groups excluding tert-OH is 1. The standard InChI is InChI=1S/C22H20O8/c1-22(2)7-10(24)12-13(16(22)21(29)30-3)20(28)14-15(19(12)27)18(26)11-8(17(14)25)5-4-6-9(11)23/h4-6,10,16,23-24,27-28H,7H2,1-3H3/t10-,16-/m0/s1. The summed E-state index contributed by atoms with van der Waals surface area (Å²) in [5.74, 6) is -5.25. The van der Waals surface area contributed by atoms with Gasteiger partial charge in [-0.2, -0.15) is 0 Å². The second kappa shape index (κ2) is 6.30. The molecular formula is C22H20O8. The fourth-order valence-electron chi connectivity index (χ4n) is 4.72. The van der Waals surface area contributed by atoms with Gasteiger partial charge in [-0.3, -0.25) is 14.4 Å². The van der Waals surface area contributed by atoms with Crippen LogP contribution in [-0.4, -0.2) is 45.1 Å². The number of carbonyl (C=O) groups is 3. The molecule has 0 amide bonds. The van der Waals surface area contributed by atoms with E-state index in [0.29, 0.717) is 0 Å². The van der Waals surface area contributed by atoms with Crippen molar-refractivity contribution in [3.05, 3.63) is 51.6 Å². The lowest BCUT2D eigenvalue weighted by Crippen LogP contribution is -2.37. The summed E-state index contributed by atoms with van der Waals surface area (Å²) in [7, 11) is 1.17. The van der Waals surface area contributed by atoms with E-state index in [2.05, 4.69) is 0 Å². The number of ketones is 2. The fourth-order valence-corrected chi connectivity index (χ4v) is 4.72. The van der Waals surface area contributed by atoms with Crippen molar-refractivity contribution in [3.63, 3.8) is 0 Å². The van der Waals surface area contributed by atoms with E-state index in [4.69, 9.17) is 4.74 Å². The Hall–Kier alpha value is -3.39. The first-order valence-electron chi connectivity index (χ1n) is 9.31. The Morgan fingerprint density at radius 1 is 1.00 bits per heavy atom. The number of rotatable bonds is 1. The number of aliphatic hydroxyl groups is 1. The third-order valence-corrected chi connectivity index (χ3v) is 6.05. The first-order valence-corrected chi connectivity index (χ1v) is 9.31. The Morgan fingerprint density at radius 3 is 2.23 bits per heavy atom. The van der Waals surface area contributed by atoms with E-state index in [1.165, 1.54) is 25.3 Å². The van der Waals surface area contributed by atoms with Gasteiger partial charge in [0.15, 0.2) is 5.78 Å². The number of hydrogen-bond acceptors (Lipinski definition) is 8. The minimum Gasteiger partial charge on any atom is -0.507 e. The molecule has 30 heavy (non-hydrogen) atoms. The maximum atomic E-state index is 13.1. The second-order valence-corrected chi connectivity index (χ2v) is 8.30. The van der Waals surface area contributed by atoms with E-state index in [1.807, 2.05) is 0 Å². The Labute approximate surface area is 171 Å². The molecule has 156 valence electrons. The third kappa shape index (κ3) is 2.40. The number of phenols is 3. The Balaban J connectivity index is 2.12. The zero-order chi connectivity index (χ0) is 22.1. The zero-order valence-electron chi connectivity index (χ0n) is 16.5. The first kappa shape index (κ1) is 19.9. The van der Waals surface area contributed by atoms with E-state index in [0.717, 1.165) is 0 Å². The van der Waals surface area contributed by atoms with Crippen molar-refractivity contribution in [2.75, 3.05) is 7.11 Å². The van der Waals surface area contributed by atoms with Gasteiger partial charge >= 0.3 is 5.97 Å². The highest BCUT2D eigenvalue weighted by molar-refractivity contribution is 6.31. The molecule has 2 atom stereocenters. The van der Waals surface area contributed by atoms with Crippen LogP contribution in [0.2, 0.25) is 0 Å². The summed E-state index contributed by atoms with van der Waals surface area (Å²) in [6.45, 7) is 3.38. The van der Waals surface area contributed by atoms with Gasteiger partial charge in [-0.1, -0.05) is 26.0 Å². The predicted molar refractivity (Wildman–Crippen MR) is 103 cm³/mol. The van der Waals surface area contributed by atoms with Crippen molar-refractivity contribution >= 4 is 17.5 Å². The Bertz CT molecular complexity index is 1140. The second-order valence-electron chi connectivity index (χ2n) is 8.30. The summed E-state index contributed by atoms with van der Waals surface area (Å²) in [6, 6.07) is 3.93. The maximum Gasteiger partial charge on any atom is 0.313 e. The lowest BCUT2D eigenvalue weighted by Gasteiger charge is -2.41. The van der Waals surface area contributed by atoms with E-state index >= 15 is 0 Å². The minimum absolute atomic E-state index is 0.0372. The number of aromatic hydroxyl groups is 3. The van der Waals surface area contributed by atoms with Crippen LogP contribution in [0.15, 0.2) is 18.2 Å². The van der Waals surface area contributed by atoms with Crippen LogP contribution < -0.4 is 0 Å². The van der Waals surface area contributed by atoms with E-state index < -0.39 is 63.3 Å². The highest BCUT2D eigenvalue weighted by atomic mass is 16.5. The summed E-state index contributed by atoms with van der Waals surface area (Å²) in [5, 5.41) is 42.8. The largest absolute Gasteiger partial charge is 0.507 e. The average molecular weight is 412 g/mol. The zero-order valence-corrected chi connectivity index (χ0v) is 16.5. The molecule has 8 nitrogen and oxygen atoms in total. The van der Waals surface area contributed by atoms with Crippen LogP contribution in [0, 0.1) is 5.41 Å². The molecule has 2 aromatic rings. The molecule has 0 heterocycles. The van der Waals surface area contributed by atoms with Crippen molar-refractivity contribution in [3.8, 4) is 17.2 Å². The molecule has 2 aromatic carbocycles. The lowest BCUT2D eigenvalue weighted by atomic mass is 9.63. The molecule has 2 aliphatic carbocycles. The lowest BCUT2D eigenvalue weighted by molar-refractivity contribution is -0.146. The SMILES string of the molecule is COC(=O)[C@@H]1c2c(O)c3c(c(O)c2[C@@H](O)CC1(C)C)C(=O)c1c(O)cccc1C3=O. The van der Waals surface area contributed by atoms with Gasteiger partial charge in [-0.05, 0) is 17.9 Å². The van der Waals surface area contributed by atoms with Gasteiger partial charge in [-0.15, -0.1) is 0 Å². The number of esters is 1. The molecule has 0 spiro atoms. The Morgan fingerprint density at radius 2 is 1.60 bits per heavy atom. The maximum absolute atomic E-state index is 13.1. The van der Waals surface area contributed by atoms with Crippen LogP contribution in [0.5, 0.6) is 17.2 Å². The van der Waals surface area contributed by atoms with Gasteiger partial charge < -0.3 is 25.2 Å². The number of ether oxygens (including phenoxy) is 1. The van der Waals surface area contributed by atoms with Gasteiger partial charge in [-0.25, -0.2) is 0 Å². The molecule has 0 unspecified atom stereocenters. The van der Waals surface area contributed by atoms with Crippen molar-refractivity contribution in [2.45, 2.75) is 32.3 Å².